The molecule has 0 aromatic heterocycles. The largest absolute Gasteiger partial charge is 0.338 e. The van der Waals surface area contributed by atoms with Gasteiger partial charge in [0.05, 0.1) is 6.54 Å². The summed E-state index contributed by atoms with van der Waals surface area (Å²) >= 11 is 0. The van der Waals surface area contributed by atoms with Crippen LogP contribution in [-0.2, 0) is 11.2 Å². The maximum atomic E-state index is 13.2. The van der Waals surface area contributed by atoms with Gasteiger partial charge >= 0.3 is 0 Å². The standard InChI is InChI=1S/C28H37N3O/c1-24(28(32)31-17-14-27(15-18-31)23-26-11-6-3-7-12-26)30-21-19-29(20-22-30)16-8-13-25-9-4-2-5-10-25/h2-13,24,27H,14-23H2,1H3/p+2/b13-8+/t24-/m1/s1. The molecule has 2 heterocycles. The maximum absolute atomic E-state index is 13.2. The second kappa shape index (κ2) is 11.4. The molecule has 4 rings (SSSR count). The molecule has 4 nitrogen and oxygen atoms in total. The number of rotatable bonds is 7. The minimum atomic E-state index is 0.0853. The molecule has 2 aromatic carbocycles. The van der Waals surface area contributed by atoms with E-state index in [1.54, 1.807) is 4.90 Å². The van der Waals surface area contributed by atoms with Crippen LogP contribution in [0.25, 0.3) is 6.08 Å². The van der Waals surface area contributed by atoms with Gasteiger partial charge in [0.25, 0.3) is 5.91 Å². The highest BCUT2D eigenvalue weighted by Gasteiger charge is 2.34. The zero-order chi connectivity index (χ0) is 22.2. The van der Waals surface area contributed by atoms with Crippen LogP contribution in [0, 0.1) is 5.92 Å². The fourth-order valence-electron chi connectivity index (χ4n) is 5.24. The number of likely N-dealkylation sites (tertiary alicyclic amines) is 1. The quantitative estimate of drug-likeness (QED) is 0.678. The van der Waals surface area contributed by atoms with Crippen LogP contribution in [0.5, 0.6) is 0 Å². The zero-order valence-electron chi connectivity index (χ0n) is 19.5. The number of carbonyl (C=O) groups is 1. The lowest BCUT2D eigenvalue weighted by atomic mass is 9.90. The zero-order valence-corrected chi connectivity index (χ0v) is 19.5. The summed E-state index contributed by atoms with van der Waals surface area (Å²) in [6, 6.07) is 21.4. The van der Waals surface area contributed by atoms with Crippen LogP contribution < -0.4 is 9.80 Å². The molecule has 1 amide bonds. The molecule has 2 fully saturated rings. The van der Waals surface area contributed by atoms with Crippen LogP contribution in [0.1, 0.15) is 30.9 Å². The Hall–Kier alpha value is -2.43. The number of nitrogens with one attached hydrogen (secondary N) is 2. The van der Waals surface area contributed by atoms with Gasteiger partial charge in [-0.2, -0.15) is 0 Å². The molecule has 0 radical (unpaired) electrons. The first-order valence-electron chi connectivity index (χ1n) is 12.4. The molecular weight excluding hydrogens is 394 g/mol. The Balaban J connectivity index is 1.17. The van der Waals surface area contributed by atoms with E-state index >= 15 is 0 Å². The Morgan fingerprint density at radius 3 is 2.25 bits per heavy atom. The lowest BCUT2D eigenvalue weighted by molar-refractivity contribution is -1.02. The van der Waals surface area contributed by atoms with E-state index in [0.29, 0.717) is 11.8 Å². The SMILES string of the molecule is C[C@H](C(=O)N1CCC(Cc2ccccc2)CC1)[NH+]1CC[NH+](C/C=C/c2ccccc2)CC1. The topological polar surface area (TPSA) is 29.2 Å². The third-order valence-electron chi connectivity index (χ3n) is 7.39. The van der Waals surface area contributed by atoms with Crippen molar-refractivity contribution in [1.82, 2.24) is 4.90 Å². The fourth-order valence-corrected chi connectivity index (χ4v) is 5.24. The normalized spacial score (nSPS) is 23.3. The molecule has 2 N–H and O–H groups in total. The van der Waals surface area contributed by atoms with Gasteiger partial charge in [0, 0.05) is 13.1 Å². The summed E-state index contributed by atoms with van der Waals surface area (Å²) < 4.78 is 0. The molecule has 2 saturated heterocycles. The van der Waals surface area contributed by atoms with Crippen LogP contribution in [0.4, 0.5) is 0 Å². The molecule has 0 aliphatic carbocycles. The van der Waals surface area contributed by atoms with Crippen molar-refractivity contribution in [3.8, 4) is 0 Å². The summed E-state index contributed by atoms with van der Waals surface area (Å²) in [4.78, 5) is 18.4. The summed E-state index contributed by atoms with van der Waals surface area (Å²) in [7, 11) is 0. The predicted molar refractivity (Wildman–Crippen MR) is 131 cm³/mol. The molecule has 1 atom stereocenters. The van der Waals surface area contributed by atoms with Gasteiger partial charge in [-0.05, 0) is 49.3 Å². The molecule has 32 heavy (non-hydrogen) atoms. The number of piperazine rings is 1. The van der Waals surface area contributed by atoms with Crippen molar-refractivity contribution in [3.63, 3.8) is 0 Å². The number of quaternary nitrogens is 2. The van der Waals surface area contributed by atoms with Crippen molar-refractivity contribution in [2.45, 2.75) is 32.2 Å². The molecule has 2 aromatic rings. The monoisotopic (exact) mass is 433 g/mol. The molecular formula is C28H39N3O+2. The molecule has 2 aliphatic heterocycles. The number of piperidine rings is 1. The Morgan fingerprint density at radius 2 is 1.59 bits per heavy atom. The lowest BCUT2D eigenvalue weighted by Gasteiger charge is -2.37. The average Bonchev–Trinajstić information content (AvgIpc) is 2.85. The van der Waals surface area contributed by atoms with Crippen molar-refractivity contribution < 1.29 is 14.6 Å². The van der Waals surface area contributed by atoms with E-state index in [4.69, 9.17) is 0 Å². The summed E-state index contributed by atoms with van der Waals surface area (Å²) in [5, 5.41) is 0. The molecule has 2 aliphatic rings. The highest BCUT2D eigenvalue weighted by molar-refractivity contribution is 5.80. The minimum absolute atomic E-state index is 0.0853. The molecule has 0 unspecified atom stereocenters. The third kappa shape index (κ3) is 6.30. The molecule has 4 heteroatoms. The van der Waals surface area contributed by atoms with E-state index in [9.17, 15) is 4.79 Å². The van der Waals surface area contributed by atoms with Crippen LogP contribution in [0.2, 0.25) is 0 Å². The first-order chi connectivity index (χ1) is 15.7. The van der Waals surface area contributed by atoms with Crippen molar-refractivity contribution in [2.75, 3.05) is 45.8 Å². The van der Waals surface area contributed by atoms with Crippen molar-refractivity contribution in [3.05, 3.63) is 77.9 Å². The van der Waals surface area contributed by atoms with E-state index in [-0.39, 0.29) is 6.04 Å². The maximum Gasteiger partial charge on any atom is 0.280 e. The van der Waals surface area contributed by atoms with Crippen LogP contribution in [0.3, 0.4) is 0 Å². The summed E-state index contributed by atoms with van der Waals surface area (Å²) in [5.41, 5.74) is 2.69. The fraction of sp³-hybridized carbons (Fsp3) is 0.464. The van der Waals surface area contributed by atoms with Crippen LogP contribution >= 0.6 is 0 Å². The highest BCUT2D eigenvalue weighted by Crippen LogP contribution is 2.21. The molecule has 170 valence electrons. The summed E-state index contributed by atoms with van der Waals surface area (Å²) in [6.45, 7) is 9.53. The van der Waals surface area contributed by atoms with Gasteiger partial charge in [0.15, 0.2) is 6.04 Å². The average molecular weight is 434 g/mol. The number of hydrogen-bond donors (Lipinski definition) is 2. The van der Waals surface area contributed by atoms with Crippen LogP contribution in [-0.4, -0.2) is 62.7 Å². The second-order valence-electron chi connectivity index (χ2n) is 9.61. The van der Waals surface area contributed by atoms with Gasteiger partial charge in [-0.25, -0.2) is 0 Å². The van der Waals surface area contributed by atoms with Crippen molar-refractivity contribution in [2.24, 2.45) is 5.92 Å². The Bertz CT molecular complexity index is 851. The highest BCUT2D eigenvalue weighted by atomic mass is 16.2. The van der Waals surface area contributed by atoms with Gasteiger partial charge in [-0.1, -0.05) is 66.7 Å². The third-order valence-corrected chi connectivity index (χ3v) is 7.39. The van der Waals surface area contributed by atoms with Gasteiger partial charge in [-0.3, -0.25) is 4.79 Å². The van der Waals surface area contributed by atoms with Gasteiger partial charge < -0.3 is 14.7 Å². The first kappa shape index (κ1) is 22.8. The van der Waals surface area contributed by atoms with Gasteiger partial charge in [0.2, 0.25) is 0 Å². The number of hydrogen-bond acceptors (Lipinski definition) is 1. The Labute approximate surface area is 193 Å². The first-order valence-corrected chi connectivity index (χ1v) is 12.4. The Morgan fingerprint density at radius 1 is 0.969 bits per heavy atom. The number of carbonyl (C=O) groups excluding carboxylic acids is 1. The molecule has 0 bridgehead atoms. The molecule has 0 spiro atoms. The minimum Gasteiger partial charge on any atom is -0.338 e. The van der Waals surface area contributed by atoms with E-state index in [1.165, 1.54) is 16.0 Å². The van der Waals surface area contributed by atoms with E-state index in [0.717, 1.165) is 65.1 Å². The van der Waals surface area contributed by atoms with E-state index < -0.39 is 0 Å². The summed E-state index contributed by atoms with van der Waals surface area (Å²) in [5.74, 6) is 1.07. The Kier molecular flexibility index (Phi) is 8.13. The summed E-state index contributed by atoms with van der Waals surface area (Å²) in [6.07, 6.45) is 7.93. The van der Waals surface area contributed by atoms with E-state index in [2.05, 4.69) is 84.6 Å². The van der Waals surface area contributed by atoms with Crippen molar-refractivity contribution in [1.29, 1.82) is 0 Å². The van der Waals surface area contributed by atoms with Crippen LogP contribution in [0.15, 0.2) is 66.7 Å². The van der Waals surface area contributed by atoms with Gasteiger partial charge in [0.1, 0.15) is 26.2 Å². The number of amides is 1. The number of benzene rings is 2. The second-order valence-corrected chi connectivity index (χ2v) is 9.61. The lowest BCUT2D eigenvalue weighted by Crippen LogP contribution is -3.30. The van der Waals surface area contributed by atoms with Gasteiger partial charge in [-0.15, -0.1) is 0 Å². The number of nitrogens with zero attached hydrogens (tertiary/aromatic N) is 1. The van der Waals surface area contributed by atoms with E-state index in [1.807, 2.05) is 0 Å². The smallest absolute Gasteiger partial charge is 0.280 e. The predicted octanol–water partition coefficient (Wildman–Crippen LogP) is 1.35. The molecule has 0 saturated carbocycles. The van der Waals surface area contributed by atoms with Crippen molar-refractivity contribution >= 4 is 12.0 Å².